The molecule has 8 heteroatoms. The summed E-state index contributed by atoms with van der Waals surface area (Å²) in [5, 5.41) is 10.5. The highest BCUT2D eigenvalue weighted by molar-refractivity contribution is 6.01. The number of aromatic nitrogens is 2. The van der Waals surface area contributed by atoms with E-state index in [-0.39, 0.29) is 29.6 Å². The van der Waals surface area contributed by atoms with Crippen molar-refractivity contribution in [1.29, 1.82) is 0 Å². The molecule has 1 aromatic heterocycles. The van der Waals surface area contributed by atoms with Crippen LogP contribution in [0.3, 0.4) is 0 Å². The first kappa shape index (κ1) is 25.9. The lowest BCUT2D eigenvalue weighted by Gasteiger charge is -2.35. The van der Waals surface area contributed by atoms with Crippen molar-refractivity contribution in [3.05, 3.63) is 36.5 Å². The third kappa shape index (κ3) is 5.63. The lowest BCUT2D eigenvalue weighted by molar-refractivity contribution is -0.142. The Bertz CT molecular complexity index is 1060. The summed E-state index contributed by atoms with van der Waals surface area (Å²) < 4.78 is 1.74. The Morgan fingerprint density at radius 3 is 2.47 bits per heavy atom. The van der Waals surface area contributed by atoms with Gasteiger partial charge in [-0.05, 0) is 38.0 Å². The number of amides is 3. The Kier molecular flexibility index (Phi) is 8.44. The summed E-state index contributed by atoms with van der Waals surface area (Å²) in [7, 11) is 1.85. The second-order valence-corrected chi connectivity index (χ2v) is 10.3. The zero-order valence-corrected chi connectivity index (χ0v) is 21.7. The maximum Gasteiger partial charge on any atom is 0.247 e. The predicted molar refractivity (Wildman–Crippen MR) is 140 cm³/mol. The van der Waals surface area contributed by atoms with Gasteiger partial charge < -0.3 is 15.5 Å². The molecule has 3 atom stereocenters. The number of anilines is 1. The fraction of sp³-hybridized carbons (Fsp3) is 0.571. The third-order valence-electron chi connectivity index (χ3n) is 7.83. The molecule has 1 saturated heterocycles. The van der Waals surface area contributed by atoms with Gasteiger partial charge in [-0.3, -0.25) is 19.1 Å². The summed E-state index contributed by atoms with van der Waals surface area (Å²) in [6.07, 6.45) is 8.91. The van der Waals surface area contributed by atoms with Crippen LogP contribution in [-0.2, 0) is 21.4 Å². The fourth-order valence-electron chi connectivity index (χ4n) is 5.49. The van der Waals surface area contributed by atoms with Gasteiger partial charge in [0.25, 0.3) is 0 Å². The number of rotatable bonds is 8. The summed E-state index contributed by atoms with van der Waals surface area (Å²) in [5.74, 6) is -0.438. The average Bonchev–Trinajstić information content (AvgIpc) is 3.54. The molecule has 194 valence electrons. The second kappa shape index (κ2) is 11.7. The molecule has 1 aromatic carbocycles. The van der Waals surface area contributed by atoms with E-state index in [0.717, 1.165) is 49.8 Å². The molecule has 2 fully saturated rings. The molecule has 3 amide bonds. The largest absolute Gasteiger partial charge is 0.344 e. The van der Waals surface area contributed by atoms with Crippen LogP contribution in [0.4, 0.5) is 5.69 Å². The zero-order valence-electron chi connectivity index (χ0n) is 21.7. The van der Waals surface area contributed by atoms with Crippen molar-refractivity contribution < 1.29 is 14.4 Å². The van der Waals surface area contributed by atoms with E-state index in [2.05, 4.69) is 15.7 Å². The summed E-state index contributed by atoms with van der Waals surface area (Å²) in [5.41, 5.74) is 2.40. The molecule has 4 rings (SSSR count). The van der Waals surface area contributed by atoms with Gasteiger partial charge in [-0.25, -0.2) is 0 Å². The van der Waals surface area contributed by atoms with E-state index >= 15 is 0 Å². The molecule has 36 heavy (non-hydrogen) atoms. The van der Waals surface area contributed by atoms with Crippen LogP contribution in [-0.4, -0.2) is 51.0 Å². The van der Waals surface area contributed by atoms with E-state index in [1.54, 1.807) is 15.8 Å². The van der Waals surface area contributed by atoms with Crippen molar-refractivity contribution in [1.82, 2.24) is 20.0 Å². The first-order valence-electron chi connectivity index (χ1n) is 13.4. The summed E-state index contributed by atoms with van der Waals surface area (Å²) in [4.78, 5) is 41.8. The number of nitrogens with zero attached hydrogens (tertiary/aromatic N) is 3. The molecular formula is C28H39N5O3. The van der Waals surface area contributed by atoms with Gasteiger partial charge in [-0.2, -0.15) is 5.10 Å². The van der Waals surface area contributed by atoms with Crippen LogP contribution in [0.15, 0.2) is 36.5 Å². The number of benzene rings is 1. The molecule has 0 spiro atoms. The van der Waals surface area contributed by atoms with E-state index in [1.807, 2.05) is 51.2 Å². The maximum atomic E-state index is 13.9. The van der Waals surface area contributed by atoms with E-state index in [4.69, 9.17) is 0 Å². The van der Waals surface area contributed by atoms with Gasteiger partial charge in [-0.1, -0.05) is 63.4 Å². The first-order chi connectivity index (χ1) is 17.4. The number of nitrogens with one attached hydrogen (secondary N) is 2. The average molecular weight is 494 g/mol. The van der Waals surface area contributed by atoms with Crippen LogP contribution in [0.25, 0.3) is 11.3 Å². The van der Waals surface area contributed by atoms with E-state index in [9.17, 15) is 14.4 Å². The molecule has 2 heterocycles. The van der Waals surface area contributed by atoms with Gasteiger partial charge in [0.15, 0.2) is 0 Å². The Morgan fingerprint density at radius 2 is 1.78 bits per heavy atom. The topological polar surface area (TPSA) is 96.3 Å². The van der Waals surface area contributed by atoms with Crippen LogP contribution < -0.4 is 10.6 Å². The SMILES string of the molecule is CC[C@@H](C)C(=O)N[C@H](C(=O)N1CCC[C@H]1C(=O)Nc1cnn(C)c1-c1ccccc1)C1CCCCC1. The third-order valence-corrected chi connectivity index (χ3v) is 7.83. The summed E-state index contributed by atoms with van der Waals surface area (Å²) in [6.45, 7) is 4.39. The van der Waals surface area contributed by atoms with Crippen molar-refractivity contribution in [2.75, 3.05) is 11.9 Å². The van der Waals surface area contributed by atoms with Crippen LogP contribution >= 0.6 is 0 Å². The number of likely N-dealkylation sites (tertiary alicyclic amines) is 1. The molecule has 0 bridgehead atoms. The molecule has 2 aromatic rings. The smallest absolute Gasteiger partial charge is 0.247 e. The fourth-order valence-corrected chi connectivity index (χ4v) is 5.49. The van der Waals surface area contributed by atoms with Crippen molar-refractivity contribution in [3.63, 3.8) is 0 Å². The Morgan fingerprint density at radius 1 is 1.06 bits per heavy atom. The quantitative estimate of drug-likeness (QED) is 0.578. The zero-order chi connectivity index (χ0) is 25.7. The number of hydrogen-bond acceptors (Lipinski definition) is 4. The van der Waals surface area contributed by atoms with E-state index in [0.29, 0.717) is 18.7 Å². The standard InChI is InChI=1S/C28H39N5O3/c1-4-19(2)26(34)31-24(20-12-7-5-8-13-20)28(36)33-17-11-16-23(33)27(35)30-22-18-29-32(3)25(22)21-14-9-6-10-15-21/h6,9-10,14-15,18-20,23-24H,4-5,7-8,11-13,16-17H2,1-3H3,(H,30,35)(H,31,34)/t19-,23+,24+/m1/s1. The van der Waals surface area contributed by atoms with Crippen molar-refractivity contribution in [2.45, 2.75) is 77.3 Å². The number of aryl methyl sites for hydroxylation is 1. The number of hydrogen-bond donors (Lipinski definition) is 2. The van der Waals surface area contributed by atoms with Crippen LogP contribution in [0.5, 0.6) is 0 Å². The number of carbonyl (C=O) groups excluding carboxylic acids is 3. The molecule has 0 radical (unpaired) electrons. The van der Waals surface area contributed by atoms with Crippen molar-refractivity contribution >= 4 is 23.4 Å². The Balaban J connectivity index is 1.52. The van der Waals surface area contributed by atoms with Gasteiger partial charge in [0.1, 0.15) is 12.1 Å². The predicted octanol–water partition coefficient (Wildman–Crippen LogP) is 4.13. The van der Waals surface area contributed by atoms with Gasteiger partial charge in [0.05, 0.1) is 17.6 Å². The highest BCUT2D eigenvalue weighted by atomic mass is 16.2. The minimum Gasteiger partial charge on any atom is -0.344 e. The minimum absolute atomic E-state index is 0.0792. The van der Waals surface area contributed by atoms with E-state index in [1.165, 1.54) is 6.42 Å². The monoisotopic (exact) mass is 493 g/mol. The second-order valence-electron chi connectivity index (χ2n) is 10.3. The molecule has 1 saturated carbocycles. The van der Waals surface area contributed by atoms with Crippen LogP contribution in [0, 0.1) is 11.8 Å². The highest BCUT2D eigenvalue weighted by Gasteiger charge is 2.41. The minimum atomic E-state index is -0.571. The van der Waals surface area contributed by atoms with Crippen molar-refractivity contribution in [3.8, 4) is 11.3 Å². The first-order valence-corrected chi connectivity index (χ1v) is 13.4. The molecule has 2 aliphatic rings. The van der Waals surface area contributed by atoms with Crippen LogP contribution in [0.2, 0.25) is 0 Å². The van der Waals surface area contributed by atoms with Gasteiger partial charge >= 0.3 is 0 Å². The molecule has 0 unspecified atom stereocenters. The van der Waals surface area contributed by atoms with Gasteiger partial charge in [0, 0.05) is 25.1 Å². The van der Waals surface area contributed by atoms with Crippen molar-refractivity contribution in [2.24, 2.45) is 18.9 Å². The lowest BCUT2D eigenvalue weighted by Crippen LogP contribution is -2.56. The molecular weight excluding hydrogens is 454 g/mol. The molecule has 8 nitrogen and oxygen atoms in total. The Labute approximate surface area is 213 Å². The maximum absolute atomic E-state index is 13.9. The van der Waals surface area contributed by atoms with E-state index < -0.39 is 12.1 Å². The molecule has 2 N–H and O–H groups in total. The normalized spacial score (nSPS) is 20.1. The van der Waals surface area contributed by atoms with Gasteiger partial charge in [-0.15, -0.1) is 0 Å². The highest BCUT2D eigenvalue weighted by Crippen LogP contribution is 2.31. The molecule has 1 aliphatic heterocycles. The summed E-state index contributed by atoms with van der Waals surface area (Å²) >= 11 is 0. The Hall–Kier alpha value is -3.16. The van der Waals surface area contributed by atoms with Crippen LogP contribution in [0.1, 0.15) is 65.2 Å². The summed E-state index contributed by atoms with van der Waals surface area (Å²) in [6, 6.07) is 8.67. The molecule has 1 aliphatic carbocycles. The number of carbonyl (C=O) groups is 3. The van der Waals surface area contributed by atoms with Gasteiger partial charge in [0.2, 0.25) is 17.7 Å². The lowest BCUT2D eigenvalue weighted by atomic mass is 9.83.